The quantitative estimate of drug-likeness (QED) is 0.436. The van der Waals surface area contributed by atoms with E-state index < -0.39 is 0 Å². The minimum atomic E-state index is 1.09. The minimum absolute atomic E-state index is 1.09. The van der Waals surface area contributed by atoms with Gasteiger partial charge in [-0.15, -0.1) is 0 Å². The Kier molecular flexibility index (Phi) is 14.2. The SMILES string of the molecule is [C]1=C/C=C\C=C/C=C\C=C/C=C\CCCCCCCCCCC\1. The van der Waals surface area contributed by atoms with Crippen LogP contribution in [0.25, 0.3) is 0 Å². The number of hydrogen-bond donors (Lipinski definition) is 0. The van der Waals surface area contributed by atoms with Crippen LogP contribution in [0.15, 0.2) is 66.8 Å². The maximum Gasteiger partial charge on any atom is -0.0276 e. The standard InChI is InChI=1S/C23H33/c1-2-4-6-8-10-12-14-16-18-20-22-23-21-19-17-15-13-11-9-7-5-3-1/h1-11H,12,14-23H2/b2-1-,5-3-,6-4-,9-7-,10-8-,13-11?. The van der Waals surface area contributed by atoms with Crippen molar-refractivity contribution in [1.82, 2.24) is 0 Å². The van der Waals surface area contributed by atoms with E-state index in [9.17, 15) is 0 Å². The Bertz CT molecular complexity index is 375. The molecule has 23 heavy (non-hydrogen) atoms. The van der Waals surface area contributed by atoms with Crippen LogP contribution in [0.4, 0.5) is 0 Å². The molecule has 0 N–H and O–H groups in total. The van der Waals surface area contributed by atoms with Crippen LogP contribution in [-0.2, 0) is 0 Å². The molecule has 0 atom stereocenters. The van der Waals surface area contributed by atoms with Gasteiger partial charge in [-0.05, 0) is 31.8 Å². The molecule has 0 heteroatoms. The molecule has 0 bridgehead atoms. The van der Waals surface area contributed by atoms with Crippen LogP contribution in [0.3, 0.4) is 0 Å². The first-order chi connectivity index (χ1) is 11.5. The molecule has 0 fully saturated rings. The third-order valence-electron chi connectivity index (χ3n) is 3.93. The van der Waals surface area contributed by atoms with Crippen molar-refractivity contribution in [3.63, 3.8) is 0 Å². The summed E-state index contributed by atoms with van der Waals surface area (Å²) in [6, 6.07) is 0. The van der Waals surface area contributed by atoms with E-state index in [0.29, 0.717) is 0 Å². The fourth-order valence-electron chi connectivity index (χ4n) is 2.56. The summed E-state index contributed by atoms with van der Waals surface area (Å²) in [5.41, 5.74) is 0. The first-order valence-corrected chi connectivity index (χ1v) is 9.38. The molecule has 0 heterocycles. The Morgan fingerprint density at radius 3 is 1.57 bits per heavy atom. The molecule has 0 nitrogen and oxygen atoms in total. The van der Waals surface area contributed by atoms with Crippen molar-refractivity contribution in [2.24, 2.45) is 0 Å². The molecule has 0 unspecified atom stereocenters. The Hall–Kier alpha value is -1.56. The highest BCUT2D eigenvalue weighted by Crippen LogP contribution is 2.11. The second-order valence-corrected chi connectivity index (χ2v) is 6.06. The molecular weight excluding hydrogens is 276 g/mol. The van der Waals surface area contributed by atoms with Crippen LogP contribution >= 0.6 is 0 Å². The molecule has 0 amide bonds. The lowest BCUT2D eigenvalue weighted by Gasteiger charge is -2.01. The summed E-state index contributed by atoms with van der Waals surface area (Å²) in [7, 11) is 0. The summed E-state index contributed by atoms with van der Waals surface area (Å²) in [4.78, 5) is 0. The molecule has 125 valence electrons. The van der Waals surface area contributed by atoms with E-state index in [1.807, 2.05) is 18.2 Å². The summed E-state index contributed by atoms with van der Waals surface area (Å²) < 4.78 is 0. The van der Waals surface area contributed by atoms with Crippen molar-refractivity contribution in [2.45, 2.75) is 70.6 Å². The molecule has 1 rings (SSSR count). The molecule has 0 saturated carbocycles. The van der Waals surface area contributed by atoms with Crippen molar-refractivity contribution < 1.29 is 0 Å². The van der Waals surface area contributed by atoms with Crippen LogP contribution in [0.2, 0.25) is 0 Å². The summed E-state index contributed by atoms with van der Waals surface area (Å²) >= 11 is 0. The normalized spacial score (nSPS) is 28.2. The van der Waals surface area contributed by atoms with Crippen molar-refractivity contribution >= 4 is 0 Å². The summed E-state index contributed by atoms with van der Waals surface area (Å²) in [5, 5.41) is 0. The largest absolute Gasteiger partial charge is 0.0845 e. The third-order valence-corrected chi connectivity index (χ3v) is 3.93. The van der Waals surface area contributed by atoms with Crippen LogP contribution in [0.5, 0.6) is 0 Å². The Morgan fingerprint density at radius 1 is 0.435 bits per heavy atom. The number of allylic oxidation sites excluding steroid dienone is 12. The number of hydrogen-bond acceptors (Lipinski definition) is 0. The predicted octanol–water partition coefficient (Wildman–Crippen LogP) is 7.43. The molecule has 1 radical (unpaired) electrons. The van der Waals surface area contributed by atoms with Crippen LogP contribution in [0.1, 0.15) is 70.6 Å². The molecule has 1 aliphatic carbocycles. The lowest BCUT2D eigenvalue weighted by atomic mass is 10.1. The summed E-state index contributed by atoms with van der Waals surface area (Å²) in [6.07, 6.45) is 41.0. The third kappa shape index (κ3) is 15.1. The highest BCUT2D eigenvalue weighted by atomic mass is 14.0. The van der Waals surface area contributed by atoms with Crippen molar-refractivity contribution in [2.75, 3.05) is 0 Å². The first kappa shape index (κ1) is 19.5. The lowest BCUT2D eigenvalue weighted by Crippen LogP contribution is -1.81. The Balaban J connectivity index is 2.32. The van der Waals surface area contributed by atoms with Crippen molar-refractivity contribution in [1.29, 1.82) is 0 Å². The van der Waals surface area contributed by atoms with Gasteiger partial charge in [0, 0.05) is 0 Å². The maximum atomic E-state index is 3.35. The van der Waals surface area contributed by atoms with Gasteiger partial charge in [-0.2, -0.15) is 0 Å². The average Bonchev–Trinajstić information content (AvgIpc) is 2.56. The summed E-state index contributed by atoms with van der Waals surface area (Å²) in [5.74, 6) is 0. The van der Waals surface area contributed by atoms with Gasteiger partial charge in [0.05, 0.1) is 0 Å². The second kappa shape index (κ2) is 16.8. The maximum absolute atomic E-state index is 3.35. The zero-order valence-corrected chi connectivity index (χ0v) is 14.6. The molecule has 0 saturated heterocycles. The van der Waals surface area contributed by atoms with E-state index in [2.05, 4.69) is 54.7 Å². The van der Waals surface area contributed by atoms with E-state index in [0.717, 1.165) is 6.42 Å². The van der Waals surface area contributed by atoms with Crippen molar-refractivity contribution in [3.05, 3.63) is 72.9 Å². The molecular formula is C23H33. The van der Waals surface area contributed by atoms with Gasteiger partial charge in [-0.1, -0.05) is 112 Å². The molecule has 1 aliphatic rings. The monoisotopic (exact) mass is 309 g/mol. The smallest absolute Gasteiger partial charge is 0.0276 e. The highest BCUT2D eigenvalue weighted by molar-refractivity contribution is 5.19. The van der Waals surface area contributed by atoms with Gasteiger partial charge in [-0.25, -0.2) is 0 Å². The predicted molar refractivity (Wildman–Crippen MR) is 104 cm³/mol. The second-order valence-electron chi connectivity index (χ2n) is 6.06. The van der Waals surface area contributed by atoms with Crippen LogP contribution in [-0.4, -0.2) is 0 Å². The van der Waals surface area contributed by atoms with E-state index in [1.165, 1.54) is 64.2 Å². The molecule has 0 aromatic rings. The molecule has 0 aliphatic heterocycles. The summed E-state index contributed by atoms with van der Waals surface area (Å²) in [6.45, 7) is 0. The van der Waals surface area contributed by atoms with Gasteiger partial charge in [0.2, 0.25) is 0 Å². The number of rotatable bonds is 0. The Morgan fingerprint density at radius 2 is 0.913 bits per heavy atom. The molecule has 0 aromatic heterocycles. The topological polar surface area (TPSA) is 0 Å². The highest BCUT2D eigenvalue weighted by Gasteiger charge is 1.92. The van der Waals surface area contributed by atoms with Gasteiger partial charge in [0.1, 0.15) is 0 Å². The van der Waals surface area contributed by atoms with E-state index in [4.69, 9.17) is 0 Å². The van der Waals surface area contributed by atoms with E-state index >= 15 is 0 Å². The first-order valence-electron chi connectivity index (χ1n) is 9.38. The van der Waals surface area contributed by atoms with Gasteiger partial charge in [-0.3, -0.25) is 0 Å². The van der Waals surface area contributed by atoms with Gasteiger partial charge < -0.3 is 0 Å². The fraction of sp³-hybridized carbons (Fsp3) is 0.478. The van der Waals surface area contributed by atoms with Crippen LogP contribution in [0, 0.1) is 6.08 Å². The van der Waals surface area contributed by atoms with Gasteiger partial charge >= 0.3 is 0 Å². The van der Waals surface area contributed by atoms with Crippen molar-refractivity contribution in [3.8, 4) is 0 Å². The Labute approximate surface area is 144 Å². The zero-order chi connectivity index (χ0) is 16.3. The minimum Gasteiger partial charge on any atom is -0.0845 e. The van der Waals surface area contributed by atoms with E-state index in [1.54, 1.807) is 0 Å². The van der Waals surface area contributed by atoms with Gasteiger partial charge in [0.25, 0.3) is 0 Å². The van der Waals surface area contributed by atoms with E-state index in [-0.39, 0.29) is 0 Å². The average molecular weight is 310 g/mol. The molecule has 0 spiro atoms. The lowest BCUT2D eigenvalue weighted by molar-refractivity contribution is 0.560. The van der Waals surface area contributed by atoms with Crippen LogP contribution < -0.4 is 0 Å². The molecule has 0 aromatic carbocycles. The van der Waals surface area contributed by atoms with Gasteiger partial charge in [0.15, 0.2) is 0 Å². The zero-order valence-electron chi connectivity index (χ0n) is 14.6. The fourth-order valence-corrected chi connectivity index (χ4v) is 2.56.